The first-order valence-corrected chi connectivity index (χ1v) is 5.82. The molecule has 0 amide bonds. The van der Waals surface area contributed by atoms with Gasteiger partial charge in [0.15, 0.2) is 0 Å². The molecule has 86 valence electrons. The molecule has 0 aliphatic rings. The van der Waals surface area contributed by atoms with Crippen molar-refractivity contribution in [2.45, 2.75) is 12.5 Å². The summed E-state index contributed by atoms with van der Waals surface area (Å²) in [6.45, 7) is 1.97. The molecule has 0 aliphatic carbocycles. The van der Waals surface area contributed by atoms with Gasteiger partial charge in [0.2, 0.25) is 0 Å². The predicted octanol–water partition coefficient (Wildman–Crippen LogP) is 1.31. The molecule has 0 fully saturated rings. The van der Waals surface area contributed by atoms with E-state index in [-0.39, 0.29) is 6.04 Å². The third kappa shape index (κ3) is 4.72. The van der Waals surface area contributed by atoms with Crippen molar-refractivity contribution in [3.8, 4) is 0 Å². The van der Waals surface area contributed by atoms with Crippen LogP contribution in [0.5, 0.6) is 0 Å². The van der Waals surface area contributed by atoms with Gasteiger partial charge in [-0.2, -0.15) is 0 Å². The van der Waals surface area contributed by atoms with Crippen LogP contribution in [0.15, 0.2) is 17.5 Å². The van der Waals surface area contributed by atoms with Crippen LogP contribution in [0.1, 0.15) is 17.3 Å². The minimum absolute atomic E-state index is 0.188. The first-order valence-electron chi connectivity index (χ1n) is 4.94. The zero-order valence-corrected chi connectivity index (χ0v) is 9.76. The number of thiophene rings is 1. The second kappa shape index (κ2) is 7.78. The van der Waals surface area contributed by atoms with E-state index in [1.807, 2.05) is 11.4 Å². The van der Waals surface area contributed by atoms with Gasteiger partial charge in [-0.3, -0.25) is 11.3 Å². The van der Waals surface area contributed by atoms with Crippen LogP contribution in [0.2, 0.25) is 0 Å². The average Bonchev–Trinajstić information content (AvgIpc) is 2.77. The Kier molecular flexibility index (Phi) is 6.54. The zero-order valence-electron chi connectivity index (χ0n) is 8.94. The molecule has 4 nitrogen and oxygen atoms in total. The first kappa shape index (κ1) is 12.6. The molecule has 0 saturated carbocycles. The molecule has 1 rings (SSSR count). The van der Waals surface area contributed by atoms with Gasteiger partial charge in [-0.15, -0.1) is 11.3 Å². The van der Waals surface area contributed by atoms with Gasteiger partial charge >= 0.3 is 0 Å². The number of ether oxygens (including phenoxy) is 2. The van der Waals surface area contributed by atoms with Crippen molar-refractivity contribution in [3.63, 3.8) is 0 Å². The molecule has 1 aromatic heterocycles. The molecule has 0 radical (unpaired) electrons. The molecule has 0 aliphatic heterocycles. The van der Waals surface area contributed by atoms with Gasteiger partial charge < -0.3 is 9.47 Å². The Labute approximate surface area is 94.3 Å². The van der Waals surface area contributed by atoms with Crippen LogP contribution < -0.4 is 11.3 Å². The smallest absolute Gasteiger partial charge is 0.0700 e. The fraction of sp³-hybridized carbons (Fsp3) is 0.600. The van der Waals surface area contributed by atoms with Crippen LogP contribution in [0.25, 0.3) is 0 Å². The molecule has 1 unspecified atom stereocenters. The van der Waals surface area contributed by atoms with Crippen molar-refractivity contribution in [1.29, 1.82) is 0 Å². The van der Waals surface area contributed by atoms with Crippen molar-refractivity contribution in [1.82, 2.24) is 5.43 Å². The van der Waals surface area contributed by atoms with Crippen LogP contribution in [-0.4, -0.2) is 26.9 Å². The summed E-state index contributed by atoms with van der Waals surface area (Å²) in [6.07, 6.45) is 0.876. The Morgan fingerprint density at radius 1 is 1.47 bits per heavy atom. The predicted molar refractivity (Wildman–Crippen MR) is 61.7 cm³/mol. The number of methoxy groups -OCH3 is 1. The molecule has 0 saturated heterocycles. The Balaban J connectivity index is 2.18. The second-order valence-corrected chi connectivity index (χ2v) is 4.11. The summed E-state index contributed by atoms with van der Waals surface area (Å²) in [5, 5.41) is 2.05. The Morgan fingerprint density at radius 3 is 2.93 bits per heavy atom. The number of nitrogens with one attached hydrogen (secondary N) is 1. The van der Waals surface area contributed by atoms with Gasteiger partial charge in [0, 0.05) is 18.6 Å². The lowest BCUT2D eigenvalue weighted by molar-refractivity contribution is 0.0659. The number of hydrazine groups is 1. The van der Waals surface area contributed by atoms with Gasteiger partial charge in [-0.1, -0.05) is 6.07 Å². The summed E-state index contributed by atoms with van der Waals surface area (Å²) < 4.78 is 10.3. The third-order valence-corrected chi connectivity index (χ3v) is 3.06. The topological polar surface area (TPSA) is 56.5 Å². The Bertz CT molecular complexity index is 242. The van der Waals surface area contributed by atoms with E-state index in [9.17, 15) is 0 Å². The molecule has 0 spiro atoms. The summed E-state index contributed by atoms with van der Waals surface area (Å²) in [5.74, 6) is 5.48. The molecule has 0 aromatic carbocycles. The molecular formula is C10H18N2O2S. The number of hydrogen-bond donors (Lipinski definition) is 2. The Morgan fingerprint density at radius 2 is 2.33 bits per heavy atom. The van der Waals surface area contributed by atoms with Crippen LogP contribution in [0, 0.1) is 0 Å². The highest BCUT2D eigenvalue weighted by molar-refractivity contribution is 7.10. The minimum atomic E-state index is 0.188. The summed E-state index contributed by atoms with van der Waals surface area (Å²) in [6, 6.07) is 4.29. The molecule has 15 heavy (non-hydrogen) atoms. The maximum absolute atomic E-state index is 5.48. The van der Waals surface area contributed by atoms with Crippen molar-refractivity contribution >= 4 is 11.3 Å². The third-order valence-electron chi connectivity index (χ3n) is 2.07. The first-order chi connectivity index (χ1) is 7.38. The fourth-order valence-corrected chi connectivity index (χ4v) is 2.06. The highest BCUT2D eigenvalue weighted by atomic mass is 32.1. The zero-order chi connectivity index (χ0) is 10.9. The number of nitrogens with two attached hydrogens (primary N) is 1. The normalized spacial score (nSPS) is 12.9. The monoisotopic (exact) mass is 230 g/mol. The average molecular weight is 230 g/mol. The van der Waals surface area contributed by atoms with E-state index in [0.717, 1.165) is 6.42 Å². The van der Waals surface area contributed by atoms with Crippen molar-refractivity contribution in [2.24, 2.45) is 5.84 Å². The highest BCUT2D eigenvalue weighted by Gasteiger charge is 2.09. The van der Waals surface area contributed by atoms with E-state index < -0.39 is 0 Å². The van der Waals surface area contributed by atoms with E-state index in [2.05, 4.69) is 11.5 Å². The molecule has 5 heteroatoms. The lowest BCUT2D eigenvalue weighted by atomic mass is 10.2. The molecule has 0 bridgehead atoms. The van der Waals surface area contributed by atoms with E-state index in [1.54, 1.807) is 18.4 Å². The summed E-state index contributed by atoms with van der Waals surface area (Å²) >= 11 is 1.70. The summed E-state index contributed by atoms with van der Waals surface area (Å²) in [4.78, 5) is 1.24. The maximum Gasteiger partial charge on any atom is 0.0700 e. The SMILES string of the molecule is COCCOCCC(NN)c1cccs1. The highest BCUT2D eigenvalue weighted by Crippen LogP contribution is 2.20. The number of hydrogen-bond acceptors (Lipinski definition) is 5. The van der Waals surface area contributed by atoms with E-state index in [1.165, 1.54) is 4.88 Å². The summed E-state index contributed by atoms with van der Waals surface area (Å²) in [5.41, 5.74) is 2.79. The van der Waals surface area contributed by atoms with Crippen LogP contribution in [-0.2, 0) is 9.47 Å². The molecular weight excluding hydrogens is 212 g/mol. The lowest BCUT2D eigenvalue weighted by Gasteiger charge is -2.13. The van der Waals surface area contributed by atoms with E-state index >= 15 is 0 Å². The Hall–Kier alpha value is -0.460. The largest absolute Gasteiger partial charge is 0.382 e. The van der Waals surface area contributed by atoms with Crippen molar-refractivity contribution in [3.05, 3.63) is 22.4 Å². The minimum Gasteiger partial charge on any atom is -0.382 e. The fourth-order valence-electron chi connectivity index (χ4n) is 1.24. The van der Waals surface area contributed by atoms with Gasteiger partial charge in [-0.05, 0) is 17.9 Å². The van der Waals surface area contributed by atoms with Crippen LogP contribution >= 0.6 is 11.3 Å². The molecule has 3 N–H and O–H groups in total. The van der Waals surface area contributed by atoms with Gasteiger partial charge in [0.05, 0.1) is 19.3 Å². The van der Waals surface area contributed by atoms with Crippen molar-refractivity contribution < 1.29 is 9.47 Å². The van der Waals surface area contributed by atoms with Gasteiger partial charge in [0.1, 0.15) is 0 Å². The van der Waals surface area contributed by atoms with Gasteiger partial charge in [-0.25, -0.2) is 0 Å². The standard InChI is InChI=1S/C10H18N2O2S/c1-13-6-7-14-5-4-9(12-11)10-3-2-8-15-10/h2-3,8-9,12H,4-7,11H2,1H3. The maximum atomic E-state index is 5.48. The van der Waals surface area contributed by atoms with Crippen LogP contribution in [0.3, 0.4) is 0 Å². The second-order valence-electron chi connectivity index (χ2n) is 3.13. The van der Waals surface area contributed by atoms with E-state index in [0.29, 0.717) is 19.8 Å². The van der Waals surface area contributed by atoms with Crippen molar-refractivity contribution in [2.75, 3.05) is 26.9 Å². The molecule has 1 atom stereocenters. The van der Waals surface area contributed by atoms with E-state index in [4.69, 9.17) is 15.3 Å². The van der Waals surface area contributed by atoms with Gasteiger partial charge in [0.25, 0.3) is 0 Å². The number of rotatable bonds is 8. The quantitative estimate of drug-likeness (QED) is 0.401. The molecule has 1 heterocycles. The molecule has 1 aromatic rings. The lowest BCUT2D eigenvalue weighted by Crippen LogP contribution is -2.28. The summed E-state index contributed by atoms with van der Waals surface area (Å²) in [7, 11) is 1.67. The van der Waals surface area contributed by atoms with Crippen LogP contribution in [0.4, 0.5) is 0 Å².